The van der Waals surface area contributed by atoms with Crippen LogP contribution in [0.25, 0.3) is 22.5 Å². The van der Waals surface area contributed by atoms with Gasteiger partial charge in [0.2, 0.25) is 0 Å². The van der Waals surface area contributed by atoms with Crippen molar-refractivity contribution in [1.29, 1.82) is 0 Å². The van der Waals surface area contributed by atoms with Crippen LogP contribution in [0.2, 0.25) is 10.0 Å². The number of hydrogen-bond acceptors (Lipinski definition) is 2. The van der Waals surface area contributed by atoms with E-state index in [1.54, 1.807) is 0 Å². The van der Waals surface area contributed by atoms with Crippen molar-refractivity contribution in [2.24, 2.45) is 0 Å². The van der Waals surface area contributed by atoms with E-state index in [-0.39, 0.29) is 0 Å². The van der Waals surface area contributed by atoms with Crippen LogP contribution in [0, 0.1) is 0 Å². The number of aromatic nitrogens is 2. The largest absolute Gasteiger partial charge is 0.150 e. The second-order valence-corrected chi connectivity index (χ2v) is 6.17. The molecule has 0 saturated carbocycles. The van der Waals surface area contributed by atoms with Gasteiger partial charge in [-0.2, -0.15) is 0 Å². The van der Waals surface area contributed by atoms with Gasteiger partial charge in [-0.1, -0.05) is 47.5 Å². The lowest BCUT2D eigenvalue weighted by molar-refractivity contribution is 1.04. The van der Waals surface area contributed by atoms with Gasteiger partial charge in [0.25, 0.3) is 0 Å². The lowest BCUT2D eigenvalue weighted by Gasteiger charge is -2.06. The van der Waals surface area contributed by atoms with Crippen LogP contribution in [-0.4, -0.2) is 10.2 Å². The molecule has 3 aromatic rings. The van der Waals surface area contributed by atoms with Gasteiger partial charge in [-0.25, -0.2) is 0 Å². The molecule has 1 heterocycles. The van der Waals surface area contributed by atoms with Crippen molar-refractivity contribution in [3.8, 4) is 22.5 Å². The van der Waals surface area contributed by atoms with Gasteiger partial charge >= 0.3 is 0 Å². The maximum atomic E-state index is 5.90. The van der Waals surface area contributed by atoms with E-state index in [2.05, 4.69) is 26.1 Å². The van der Waals surface area contributed by atoms with E-state index in [0.717, 1.165) is 27.0 Å². The molecule has 0 amide bonds. The Bertz CT molecular complexity index is 771. The highest BCUT2D eigenvalue weighted by Gasteiger charge is 2.09. The Hall–Kier alpha value is -1.42. The topological polar surface area (TPSA) is 25.8 Å². The van der Waals surface area contributed by atoms with Gasteiger partial charge in [0, 0.05) is 25.6 Å². The van der Waals surface area contributed by atoms with Gasteiger partial charge in [0.15, 0.2) is 0 Å². The highest BCUT2D eigenvalue weighted by Crippen LogP contribution is 2.29. The fourth-order valence-electron chi connectivity index (χ4n) is 1.93. The summed E-state index contributed by atoms with van der Waals surface area (Å²) in [5.74, 6) is 0. The third kappa shape index (κ3) is 3.26. The molecule has 2 nitrogen and oxygen atoms in total. The fraction of sp³-hybridized carbons (Fsp3) is 0. The summed E-state index contributed by atoms with van der Waals surface area (Å²) >= 11 is 15.3. The molecule has 0 N–H and O–H groups in total. The molecule has 0 atom stereocenters. The molecule has 0 spiro atoms. The molecule has 0 saturated heterocycles. The van der Waals surface area contributed by atoms with Crippen molar-refractivity contribution < 1.29 is 0 Å². The summed E-state index contributed by atoms with van der Waals surface area (Å²) in [4.78, 5) is 0. The molecule has 0 fully saturated rings. The summed E-state index contributed by atoms with van der Waals surface area (Å²) in [5.41, 5.74) is 3.50. The number of nitrogens with zero attached hydrogens (tertiary/aromatic N) is 2. The maximum absolute atomic E-state index is 5.90. The van der Waals surface area contributed by atoms with Crippen molar-refractivity contribution in [1.82, 2.24) is 10.2 Å². The zero-order chi connectivity index (χ0) is 14.8. The van der Waals surface area contributed by atoms with Gasteiger partial charge in [0.1, 0.15) is 5.69 Å². The summed E-state index contributed by atoms with van der Waals surface area (Å²) < 4.78 is 0.879. The van der Waals surface area contributed by atoms with Crippen molar-refractivity contribution in [2.45, 2.75) is 0 Å². The summed E-state index contributed by atoms with van der Waals surface area (Å²) in [6.45, 7) is 0. The first kappa shape index (κ1) is 14.5. The minimum atomic E-state index is 0.695. The van der Waals surface area contributed by atoms with E-state index in [1.165, 1.54) is 0 Å². The highest BCUT2D eigenvalue weighted by molar-refractivity contribution is 9.10. The van der Waals surface area contributed by atoms with E-state index in [4.69, 9.17) is 23.2 Å². The Morgan fingerprint density at radius 2 is 1.24 bits per heavy atom. The molecule has 2 aromatic carbocycles. The predicted molar refractivity (Wildman–Crippen MR) is 90.6 cm³/mol. The molecule has 21 heavy (non-hydrogen) atoms. The summed E-state index contributed by atoms with van der Waals surface area (Å²) in [7, 11) is 0. The molecule has 3 rings (SSSR count). The predicted octanol–water partition coefficient (Wildman–Crippen LogP) is 5.88. The fourth-order valence-corrected chi connectivity index (χ4v) is 2.71. The minimum absolute atomic E-state index is 0.695. The third-order valence-electron chi connectivity index (χ3n) is 3.01. The summed E-state index contributed by atoms with van der Waals surface area (Å²) in [6, 6.07) is 16.9. The molecule has 0 radical (unpaired) electrons. The Kier molecular flexibility index (Phi) is 4.24. The number of halogens is 3. The molecular formula is C16H9BrCl2N2. The second-order valence-electron chi connectivity index (χ2n) is 4.44. The lowest BCUT2D eigenvalue weighted by atomic mass is 10.1. The van der Waals surface area contributed by atoms with Crippen LogP contribution in [0.3, 0.4) is 0 Å². The maximum Gasteiger partial charge on any atom is 0.107 e. The van der Waals surface area contributed by atoms with E-state index in [9.17, 15) is 0 Å². The zero-order valence-corrected chi connectivity index (χ0v) is 13.8. The average molecular weight is 380 g/mol. The van der Waals surface area contributed by atoms with E-state index < -0.39 is 0 Å². The van der Waals surface area contributed by atoms with E-state index in [0.29, 0.717) is 10.0 Å². The summed E-state index contributed by atoms with van der Waals surface area (Å²) in [5, 5.41) is 9.98. The molecule has 0 unspecified atom stereocenters. The Morgan fingerprint density at radius 1 is 0.714 bits per heavy atom. The van der Waals surface area contributed by atoms with E-state index in [1.807, 2.05) is 54.6 Å². The van der Waals surface area contributed by atoms with Crippen LogP contribution in [0.5, 0.6) is 0 Å². The Balaban J connectivity index is 1.99. The minimum Gasteiger partial charge on any atom is -0.150 e. The van der Waals surface area contributed by atoms with Gasteiger partial charge in [-0.15, -0.1) is 10.2 Å². The van der Waals surface area contributed by atoms with Crippen LogP contribution in [0.15, 0.2) is 59.1 Å². The Labute approximate surface area is 140 Å². The number of benzene rings is 2. The Morgan fingerprint density at radius 3 is 1.76 bits per heavy atom. The van der Waals surface area contributed by atoms with Crippen LogP contribution < -0.4 is 0 Å². The van der Waals surface area contributed by atoms with Crippen LogP contribution in [0.4, 0.5) is 0 Å². The van der Waals surface area contributed by atoms with Crippen LogP contribution >= 0.6 is 39.1 Å². The van der Waals surface area contributed by atoms with Crippen LogP contribution in [-0.2, 0) is 0 Å². The first-order chi connectivity index (χ1) is 10.1. The molecular weight excluding hydrogens is 371 g/mol. The first-order valence-electron chi connectivity index (χ1n) is 6.18. The third-order valence-corrected chi connectivity index (χ3v) is 4.11. The molecule has 0 aliphatic heterocycles. The number of rotatable bonds is 2. The SMILES string of the molecule is Clc1ccc(-c2cc(Br)c(-c3ccc(Cl)cc3)nn2)cc1. The summed E-state index contributed by atoms with van der Waals surface area (Å²) in [6.07, 6.45) is 0. The molecule has 104 valence electrons. The van der Waals surface area contributed by atoms with E-state index >= 15 is 0 Å². The van der Waals surface area contributed by atoms with Crippen molar-refractivity contribution >= 4 is 39.1 Å². The second kappa shape index (κ2) is 6.14. The van der Waals surface area contributed by atoms with Gasteiger partial charge < -0.3 is 0 Å². The van der Waals surface area contributed by atoms with Gasteiger partial charge in [-0.3, -0.25) is 0 Å². The molecule has 5 heteroatoms. The van der Waals surface area contributed by atoms with Crippen LogP contribution in [0.1, 0.15) is 0 Å². The lowest BCUT2D eigenvalue weighted by Crippen LogP contribution is -1.92. The van der Waals surface area contributed by atoms with Gasteiger partial charge in [0.05, 0.1) is 5.69 Å². The molecule has 1 aromatic heterocycles. The number of hydrogen-bond donors (Lipinski definition) is 0. The van der Waals surface area contributed by atoms with Crippen molar-refractivity contribution in [3.63, 3.8) is 0 Å². The van der Waals surface area contributed by atoms with Crippen molar-refractivity contribution in [3.05, 3.63) is 69.1 Å². The van der Waals surface area contributed by atoms with Crippen molar-refractivity contribution in [2.75, 3.05) is 0 Å². The normalized spacial score (nSPS) is 10.6. The van der Waals surface area contributed by atoms with Gasteiger partial charge in [-0.05, 0) is 46.3 Å². The zero-order valence-electron chi connectivity index (χ0n) is 10.7. The highest BCUT2D eigenvalue weighted by atomic mass is 79.9. The quantitative estimate of drug-likeness (QED) is 0.555. The monoisotopic (exact) mass is 378 g/mol. The molecule has 0 aliphatic rings. The smallest absolute Gasteiger partial charge is 0.107 e. The molecule has 0 bridgehead atoms. The molecule has 0 aliphatic carbocycles. The first-order valence-corrected chi connectivity index (χ1v) is 7.73. The standard InChI is InChI=1S/C16H9BrCl2N2/c17-14-9-15(10-1-5-12(18)6-2-10)20-21-16(14)11-3-7-13(19)8-4-11/h1-9H. The average Bonchev–Trinajstić information content (AvgIpc) is 2.49.